The molecule has 2 aliphatic rings. The molecule has 3 nitrogen and oxygen atoms in total. The van der Waals surface area contributed by atoms with Crippen LogP contribution in [0.3, 0.4) is 0 Å². The molecule has 11 heteroatoms. The Hall–Kier alpha value is -4.06. The van der Waals surface area contributed by atoms with Crippen LogP contribution in [0.4, 0.5) is 43.4 Å². The van der Waals surface area contributed by atoms with Crippen LogP contribution in [0, 0.1) is 6.92 Å². The summed E-state index contributed by atoms with van der Waals surface area (Å²) < 4.78 is 116. The third-order valence-corrected chi connectivity index (χ3v) is 14.3. The van der Waals surface area contributed by atoms with E-state index in [9.17, 15) is 26.3 Å². The summed E-state index contributed by atoms with van der Waals surface area (Å²) in [6.07, 6.45) is -9.50. The Bertz CT molecular complexity index is 1930. The number of aryl methyl sites for hydroxylation is 1. The summed E-state index contributed by atoms with van der Waals surface area (Å²) in [4.78, 5) is 1.52. The van der Waals surface area contributed by atoms with Gasteiger partial charge in [0.25, 0.3) is 0 Å². The highest BCUT2D eigenvalue weighted by molar-refractivity contribution is 7.88. The lowest BCUT2D eigenvalue weighted by atomic mass is 10.1. The van der Waals surface area contributed by atoms with Crippen molar-refractivity contribution < 1.29 is 35.5 Å². The third-order valence-electron chi connectivity index (χ3n) is 8.12. The number of nitrogens with zero attached hydrogens (tertiary/aromatic N) is 1. The number of alkyl halides is 6. The van der Waals surface area contributed by atoms with Crippen molar-refractivity contribution in [3.8, 4) is 0 Å². The van der Waals surface area contributed by atoms with Gasteiger partial charge in [-0.25, -0.2) is 0 Å². The van der Waals surface area contributed by atoms with Crippen LogP contribution in [0.2, 0.25) is 0 Å². The molecule has 0 aliphatic carbocycles. The van der Waals surface area contributed by atoms with Crippen LogP contribution < -0.4 is 36.7 Å². The highest BCUT2D eigenvalue weighted by atomic mass is 31.2. The lowest BCUT2D eigenvalue weighted by Gasteiger charge is -2.44. The second kappa shape index (κ2) is 9.47. The van der Waals surface area contributed by atoms with Crippen molar-refractivity contribution in [3.05, 3.63) is 126 Å². The molecule has 0 fully saturated rings. The van der Waals surface area contributed by atoms with Gasteiger partial charge in [-0.2, -0.15) is 26.3 Å². The van der Waals surface area contributed by atoms with Gasteiger partial charge in [0, 0.05) is 31.8 Å². The Morgan fingerprint density at radius 2 is 0.909 bits per heavy atom. The van der Waals surface area contributed by atoms with Crippen molar-refractivity contribution in [1.82, 2.24) is 0 Å². The van der Waals surface area contributed by atoms with Crippen LogP contribution in [-0.2, 0) is 21.5 Å². The number of hydrogen-bond donors (Lipinski definition) is 0. The summed E-state index contributed by atoms with van der Waals surface area (Å²) in [6, 6.07) is 25.4. The first-order valence-corrected chi connectivity index (χ1v) is 16.9. The number of halogens is 6. The Kier molecular flexibility index (Phi) is 6.18. The monoisotopic (exact) mass is 639 g/mol. The molecule has 0 bridgehead atoms. The quantitative estimate of drug-likeness (QED) is 0.146. The van der Waals surface area contributed by atoms with Crippen molar-refractivity contribution in [1.29, 1.82) is 0 Å². The van der Waals surface area contributed by atoms with Crippen molar-refractivity contribution in [2.45, 2.75) is 19.3 Å². The van der Waals surface area contributed by atoms with E-state index in [0.717, 1.165) is 24.3 Å². The number of hydrogen-bond acceptors (Lipinski definition) is 3. The Morgan fingerprint density at radius 1 is 0.523 bits per heavy atom. The average Bonchev–Trinajstić information content (AvgIpc) is 3.00. The van der Waals surface area contributed by atoms with E-state index in [1.54, 1.807) is 79.7 Å². The van der Waals surface area contributed by atoms with E-state index in [4.69, 9.17) is 0 Å². The first kappa shape index (κ1) is 28.7. The zero-order valence-electron chi connectivity index (χ0n) is 22.8. The molecule has 0 amide bonds. The molecule has 44 heavy (non-hydrogen) atoms. The molecule has 0 spiro atoms. The van der Waals surface area contributed by atoms with E-state index in [1.807, 2.05) is 0 Å². The molecule has 7 rings (SSSR count). The van der Waals surface area contributed by atoms with Gasteiger partial charge in [0.05, 0.1) is 28.2 Å². The lowest BCUT2D eigenvalue weighted by Crippen LogP contribution is -2.46. The molecule has 0 saturated carbocycles. The maximum atomic E-state index is 15.6. The Balaban J connectivity index is 1.68. The topological polar surface area (TPSA) is 37.4 Å². The van der Waals surface area contributed by atoms with Gasteiger partial charge < -0.3 is 14.0 Å². The maximum Gasteiger partial charge on any atom is 0.416 e. The first-order chi connectivity index (χ1) is 20.8. The van der Waals surface area contributed by atoms with Crippen LogP contribution in [-0.4, -0.2) is 0 Å². The fraction of sp³-hybridized carbons (Fsp3) is 0.0909. The number of rotatable bonds is 2. The molecular formula is C33H21F6NO2P2. The summed E-state index contributed by atoms with van der Waals surface area (Å²) in [7, 11) is -8.10. The molecule has 0 saturated heterocycles. The molecule has 0 N–H and O–H groups in total. The van der Waals surface area contributed by atoms with E-state index in [-0.39, 0.29) is 48.9 Å². The predicted octanol–water partition coefficient (Wildman–Crippen LogP) is 7.41. The minimum Gasteiger partial charge on any atom is -0.308 e. The minimum atomic E-state index is -4.75. The van der Waals surface area contributed by atoms with E-state index in [1.165, 1.54) is 17.0 Å². The molecule has 5 aromatic carbocycles. The van der Waals surface area contributed by atoms with Gasteiger partial charge in [-0.3, -0.25) is 0 Å². The molecule has 0 aromatic heterocycles. The molecule has 2 atom stereocenters. The SMILES string of the molecule is Cc1cc2c3c(c1)P(=O)(c1ccccc1)c1cc(C(F)(F)F)ccc1N3c1ccc(C(F)(F)F)cc1P2(=O)c1ccccc1. The average molecular weight is 639 g/mol. The van der Waals surface area contributed by atoms with E-state index in [2.05, 4.69) is 0 Å². The predicted molar refractivity (Wildman–Crippen MR) is 162 cm³/mol. The number of anilines is 3. The fourth-order valence-electron chi connectivity index (χ4n) is 6.19. The van der Waals surface area contributed by atoms with Gasteiger partial charge in [-0.1, -0.05) is 60.7 Å². The zero-order chi connectivity index (χ0) is 31.2. The van der Waals surface area contributed by atoms with E-state index in [0.29, 0.717) is 5.56 Å². The second-order valence-corrected chi connectivity index (χ2v) is 16.2. The number of fused-ring (bicyclic) bond motifs is 4. The number of benzene rings is 5. The van der Waals surface area contributed by atoms with Gasteiger partial charge in [-0.05, 0) is 61.0 Å². The summed E-state index contributed by atoms with van der Waals surface area (Å²) in [6.45, 7) is 1.68. The molecule has 2 heterocycles. The molecular weight excluding hydrogens is 618 g/mol. The van der Waals surface area contributed by atoms with Crippen LogP contribution in [0.1, 0.15) is 16.7 Å². The lowest BCUT2D eigenvalue weighted by molar-refractivity contribution is -0.138. The summed E-state index contributed by atoms with van der Waals surface area (Å²) in [5.41, 5.74) is -1.04. The van der Waals surface area contributed by atoms with Crippen LogP contribution in [0.25, 0.3) is 0 Å². The molecule has 0 radical (unpaired) electrons. The van der Waals surface area contributed by atoms with Gasteiger partial charge in [0.2, 0.25) is 0 Å². The Morgan fingerprint density at radius 3 is 1.27 bits per heavy atom. The van der Waals surface area contributed by atoms with Crippen LogP contribution in [0.15, 0.2) is 109 Å². The van der Waals surface area contributed by atoms with Crippen molar-refractivity contribution in [2.75, 3.05) is 4.90 Å². The van der Waals surface area contributed by atoms with Gasteiger partial charge in [-0.15, -0.1) is 0 Å². The highest BCUT2D eigenvalue weighted by Crippen LogP contribution is 2.61. The van der Waals surface area contributed by atoms with Crippen LogP contribution >= 0.6 is 14.3 Å². The van der Waals surface area contributed by atoms with Crippen LogP contribution in [0.5, 0.6) is 0 Å². The van der Waals surface area contributed by atoms with Crippen molar-refractivity contribution >= 4 is 63.2 Å². The molecule has 222 valence electrons. The Labute approximate surface area is 248 Å². The molecule has 5 aromatic rings. The molecule has 2 aliphatic heterocycles. The fourth-order valence-corrected chi connectivity index (χ4v) is 12.5. The van der Waals surface area contributed by atoms with Crippen molar-refractivity contribution in [3.63, 3.8) is 0 Å². The zero-order valence-corrected chi connectivity index (χ0v) is 24.6. The minimum absolute atomic E-state index is 0.107. The third kappa shape index (κ3) is 3.99. The summed E-state index contributed by atoms with van der Waals surface area (Å²) in [5.74, 6) is 0. The smallest absolute Gasteiger partial charge is 0.308 e. The van der Waals surface area contributed by atoms with Gasteiger partial charge in [0.15, 0.2) is 14.3 Å². The van der Waals surface area contributed by atoms with Crippen molar-refractivity contribution in [2.24, 2.45) is 0 Å². The summed E-state index contributed by atoms with van der Waals surface area (Å²) >= 11 is 0. The van der Waals surface area contributed by atoms with Gasteiger partial charge in [0.1, 0.15) is 0 Å². The second-order valence-electron chi connectivity index (χ2n) is 10.8. The molecule has 2 unspecified atom stereocenters. The standard InChI is InChI=1S/C33H21F6NO2P2/c1-20-16-29-31-30(17-20)44(42,24-10-6-3-7-11-24)28-19-22(33(37,38)39)13-15-26(28)40(31)25-14-12-21(32(34,35)36)18-27(25)43(29,41)23-8-4-2-5-9-23/h2-19H,1H3. The maximum absolute atomic E-state index is 15.6. The normalized spacial score (nSPS) is 20.5. The highest BCUT2D eigenvalue weighted by Gasteiger charge is 2.51. The first-order valence-electron chi connectivity index (χ1n) is 13.5. The van der Waals surface area contributed by atoms with E-state index >= 15 is 9.13 Å². The van der Waals surface area contributed by atoms with E-state index < -0.39 is 37.8 Å². The largest absolute Gasteiger partial charge is 0.416 e. The summed E-state index contributed by atoms with van der Waals surface area (Å²) in [5, 5.41) is 0.691. The van der Waals surface area contributed by atoms with Gasteiger partial charge >= 0.3 is 12.4 Å².